The molecule has 1 unspecified atom stereocenters. The van der Waals surface area contributed by atoms with Gasteiger partial charge in [-0.1, -0.05) is 6.92 Å². The summed E-state index contributed by atoms with van der Waals surface area (Å²) >= 11 is 0. The molecule has 2 N–H and O–H groups in total. The molecule has 0 spiro atoms. The summed E-state index contributed by atoms with van der Waals surface area (Å²) in [5.74, 6) is 0.791. The highest BCUT2D eigenvalue weighted by Crippen LogP contribution is 2.28. The Kier molecular flexibility index (Phi) is 2.70. The van der Waals surface area contributed by atoms with Crippen LogP contribution in [0.5, 0.6) is 0 Å². The average Bonchev–Trinajstić information content (AvgIpc) is 2.76. The molecule has 1 aromatic rings. The second-order valence-electron chi connectivity index (χ2n) is 4.67. The van der Waals surface area contributed by atoms with Crippen LogP contribution in [0.1, 0.15) is 19.2 Å². The third-order valence-electron chi connectivity index (χ3n) is 3.04. The van der Waals surface area contributed by atoms with Crippen molar-refractivity contribution < 1.29 is 0 Å². The van der Waals surface area contributed by atoms with Gasteiger partial charge >= 0.3 is 0 Å². The van der Waals surface area contributed by atoms with Crippen molar-refractivity contribution in [2.24, 2.45) is 18.2 Å². The molecular formula is C9H18N6. The van der Waals surface area contributed by atoms with Gasteiger partial charge in [0.1, 0.15) is 0 Å². The molecule has 0 bridgehead atoms. The van der Waals surface area contributed by atoms with E-state index in [1.165, 1.54) is 4.80 Å². The van der Waals surface area contributed by atoms with E-state index in [-0.39, 0.29) is 5.41 Å². The minimum atomic E-state index is 0.266. The molecular weight excluding hydrogens is 192 g/mol. The van der Waals surface area contributed by atoms with Gasteiger partial charge in [-0.2, -0.15) is 4.80 Å². The molecule has 2 rings (SSSR count). The SMILES string of the molecule is Cn1nnc(CN2CCC(C)(CN)C2)n1. The Balaban J connectivity index is 1.92. The number of likely N-dealkylation sites (tertiary alicyclic amines) is 1. The van der Waals surface area contributed by atoms with Crippen LogP contribution in [0.2, 0.25) is 0 Å². The van der Waals surface area contributed by atoms with Crippen molar-refractivity contribution in [2.75, 3.05) is 19.6 Å². The molecule has 6 nitrogen and oxygen atoms in total. The van der Waals surface area contributed by atoms with Gasteiger partial charge in [0.25, 0.3) is 0 Å². The van der Waals surface area contributed by atoms with Gasteiger partial charge in [-0.15, -0.1) is 10.2 Å². The van der Waals surface area contributed by atoms with E-state index in [9.17, 15) is 0 Å². The van der Waals surface area contributed by atoms with Crippen molar-refractivity contribution in [3.05, 3.63) is 5.82 Å². The Morgan fingerprint density at radius 2 is 2.33 bits per heavy atom. The summed E-state index contributed by atoms with van der Waals surface area (Å²) < 4.78 is 0. The lowest BCUT2D eigenvalue weighted by atomic mass is 9.90. The van der Waals surface area contributed by atoms with Crippen molar-refractivity contribution in [1.82, 2.24) is 25.1 Å². The number of aryl methyl sites for hydroxylation is 1. The third kappa shape index (κ3) is 2.32. The summed E-state index contributed by atoms with van der Waals surface area (Å²) in [5.41, 5.74) is 6.02. The number of hydrogen-bond donors (Lipinski definition) is 1. The molecule has 2 heterocycles. The Morgan fingerprint density at radius 3 is 2.87 bits per heavy atom. The van der Waals surface area contributed by atoms with Crippen LogP contribution < -0.4 is 5.73 Å². The fourth-order valence-electron chi connectivity index (χ4n) is 2.01. The second kappa shape index (κ2) is 3.86. The fourth-order valence-corrected chi connectivity index (χ4v) is 2.01. The molecule has 0 saturated carbocycles. The lowest BCUT2D eigenvalue weighted by Crippen LogP contribution is -2.31. The zero-order valence-electron chi connectivity index (χ0n) is 9.35. The van der Waals surface area contributed by atoms with Crippen LogP contribution in [0, 0.1) is 5.41 Å². The number of tetrazole rings is 1. The van der Waals surface area contributed by atoms with Crippen molar-refractivity contribution in [2.45, 2.75) is 19.9 Å². The molecule has 1 fully saturated rings. The van der Waals surface area contributed by atoms with Gasteiger partial charge < -0.3 is 5.73 Å². The van der Waals surface area contributed by atoms with Crippen molar-refractivity contribution >= 4 is 0 Å². The second-order valence-corrected chi connectivity index (χ2v) is 4.67. The van der Waals surface area contributed by atoms with Crippen LogP contribution in [0.15, 0.2) is 0 Å². The average molecular weight is 210 g/mol. The first-order valence-electron chi connectivity index (χ1n) is 5.27. The lowest BCUT2D eigenvalue weighted by molar-refractivity contribution is 0.269. The standard InChI is InChI=1S/C9H18N6/c1-9(6-10)3-4-15(7-9)5-8-11-13-14(2)12-8/h3-7,10H2,1-2H3. The maximum Gasteiger partial charge on any atom is 0.188 e. The predicted molar refractivity (Wildman–Crippen MR) is 55.9 cm³/mol. The molecule has 0 aromatic carbocycles. The minimum Gasteiger partial charge on any atom is -0.330 e. The predicted octanol–water partition coefficient (Wildman–Crippen LogP) is -0.619. The van der Waals surface area contributed by atoms with Gasteiger partial charge in [-0.25, -0.2) is 0 Å². The number of nitrogens with two attached hydrogens (primary N) is 1. The molecule has 0 aliphatic carbocycles. The van der Waals surface area contributed by atoms with Crippen LogP contribution in [0.3, 0.4) is 0 Å². The zero-order chi connectivity index (χ0) is 10.9. The highest BCUT2D eigenvalue weighted by molar-refractivity contribution is 4.89. The van der Waals surface area contributed by atoms with Crippen molar-refractivity contribution in [3.63, 3.8) is 0 Å². The third-order valence-corrected chi connectivity index (χ3v) is 3.04. The molecule has 0 radical (unpaired) electrons. The first-order chi connectivity index (χ1) is 7.11. The minimum absolute atomic E-state index is 0.266. The maximum atomic E-state index is 5.75. The van der Waals surface area contributed by atoms with Gasteiger partial charge in [-0.05, 0) is 30.1 Å². The quantitative estimate of drug-likeness (QED) is 0.720. The summed E-state index contributed by atoms with van der Waals surface area (Å²) in [4.78, 5) is 3.83. The highest BCUT2D eigenvalue weighted by Gasteiger charge is 2.32. The normalized spacial score (nSPS) is 27.4. The maximum absolute atomic E-state index is 5.75. The van der Waals surface area contributed by atoms with Crippen LogP contribution in [0.4, 0.5) is 0 Å². The largest absolute Gasteiger partial charge is 0.330 e. The monoisotopic (exact) mass is 210 g/mol. The van der Waals surface area contributed by atoms with E-state index >= 15 is 0 Å². The fraction of sp³-hybridized carbons (Fsp3) is 0.889. The Morgan fingerprint density at radius 1 is 1.53 bits per heavy atom. The number of hydrogen-bond acceptors (Lipinski definition) is 5. The molecule has 1 aliphatic rings. The van der Waals surface area contributed by atoms with Crippen LogP contribution in [0.25, 0.3) is 0 Å². The molecule has 15 heavy (non-hydrogen) atoms. The summed E-state index contributed by atoms with van der Waals surface area (Å²) in [6, 6.07) is 0. The van der Waals surface area contributed by atoms with Gasteiger partial charge in [0.2, 0.25) is 0 Å². The van der Waals surface area contributed by atoms with E-state index in [2.05, 4.69) is 27.2 Å². The molecule has 1 aliphatic heterocycles. The van der Waals surface area contributed by atoms with E-state index < -0.39 is 0 Å². The van der Waals surface area contributed by atoms with E-state index in [4.69, 9.17) is 5.73 Å². The molecule has 1 atom stereocenters. The Bertz CT molecular complexity index is 335. The Labute approximate surface area is 89.4 Å². The smallest absolute Gasteiger partial charge is 0.188 e. The van der Waals surface area contributed by atoms with E-state index in [0.717, 1.165) is 38.4 Å². The highest BCUT2D eigenvalue weighted by atomic mass is 15.6. The first kappa shape index (κ1) is 10.5. The molecule has 1 saturated heterocycles. The summed E-state index contributed by atoms with van der Waals surface area (Å²) in [7, 11) is 1.78. The molecule has 0 amide bonds. The first-order valence-corrected chi connectivity index (χ1v) is 5.27. The van der Waals surface area contributed by atoms with Crippen LogP contribution >= 0.6 is 0 Å². The number of rotatable bonds is 3. The van der Waals surface area contributed by atoms with E-state index in [0.29, 0.717) is 0 Å². The van der Waals surface area contributed by atoms with Crippen LogP contribution in [-0.2, 0) is 13.6 Å². The van der Waals surface area contributed by atoms with Gasteiger partial charge in [0.15, 0.2) is 5.82 Å². The summed E-state index contributed by atoms with van der Waals surface area (Å²) in [6.45, 7) is 5.87. The van der Waals surface area contributed by atoms with Crippen molar-refractivity contribution in [1.29, 1.82) is 0 Å². The van der Waals surface area contributed by atoms with Crippen molar-refractivity contribution in [3.8, 4) is 0 Å². The summed E-state index contributed by atoms with van der Waals surface area (Å²) in [5, 5.41) is 12.0. The molecule has 6 heteroatoms. The van der Waals surface area contributed by atoms with E-state index in [1.807, 2.05) is 0 Å². The van der Waals surface area contributed by atoms with Gasteiger partial charge in [0.05, 0.1) is 13.6 Å². The van der Waals surface area contributed by atoms with E-state index in [1.54, 1.807) is 7.05 Å². The number of aromatic nitrogens is 4. The number of nitrogens with zero attached hydrogens (tertiary/aromatic N) is 5. The topological polar surface area (TPSA) is 72.9 Å². The lowest BCUT2D eigenvalue weighted by Gasteiger charge is -2.21. The zero-order valence-corrected chi connectivity index (χ0v) is 9.35. The van der Waals surface area contributed by atoms with Crippen LogP contribution in [-0.4, -0.2) is 44.7 Å². The molecule has 84 valence electrons. The summed E-state index contributed by atoms with van der Waals surface area (Å²) in [6.07, 6.45) is 1.16. The Hall–Kier alpha value is -1.01. The van der Waals surface area contributed by atoms with Gasteiger partial charge in [0, 0.05) is 6.54 Å². The van der Waals surface area contributed by atoms with Gasteiger partial charge in [-0.3, -0.25) is 4.90 Å². The molecule has 1 aromatic heterocycles.